The van der Waals surface area contributed by atoms with Gasteiger partial charge in [0, 0.05) is 17.5 Å². The maximum atomic E-state index is 9.79. The second-order valence-electron chi connectivity index (χ2n) is 4.46. The Hall–Kier alpha value is -2.19. The number of aromatic nitrogens is 3. The van der Waals surface area contributed by atoms with Crippen LogP contribution in [0.4, 0.5) is 5.82 Å². The molecule has 3 atom stereocenters. The first kappa shape index (κ1) is 12.8. The highest BCUT2D eigenvalue weighted by Crippen LogP contribution is 2.33. The fourth-order valence-electron chi connectivity index (χ4n) is 2.35. The van der Waals surface area contributed by atoms with Gasteiger partial charge in [-0.2, -0.15) is 0 Å². The number of pyridine rings is 1. The third-order valence-corrected chi connectivity index (χ3v) is 3.30. The molecule has 104 valence electrons. The number of fused-ring (bicyclic) bond motifs is 1. The third kappa shape index (κ3) is 1.98. The molecule has 1 saturated heterocycles. The summed E-state index contributed by atoms with van der Waals surface area (Å²) in [4.78, 5) is 10.9. The van der Waals surface area contributed by atoms with Crippen LogP contribution in [0, 0.1) is 0 Å². The average Bonchev–Trinajstić information content (AvgIpc) is 3.03. The van der Waals surface area contributed by atoms with E-state index in [4.69, 9.17) is 15.4 Å². The summed E-state index contributed by atoms with van der Waals surface area (Å²) in [5, 5.41) is 22.4. The van der Waals surface area contributed by atoms with Crippen molar-refractivity contribution in [2.24, 2.45) is 5.11 Å². The summed E-state index contributed by atoms with van der Waals surface area (Å²) in [6.45, 7) is -0.258. The van der Waals surface area contributed by atoms with E-state index in [9.17, 15) is 5.11 Å². The van der Waals surface area contributed by atoms with Gasteiger partial charge >= 0.3 is 0 Å². The van der Waals surface area contributed by atoms with Crippen LogP contribution in [0.15, 0.2) is 23.7 Å². The number of hydrogen-bond donors (Lipinski definition) is 2. The summed E-state index contributed by atoms with van der Waals surface area (Å²) in [6.07, 6.45) is 1.51. The summed E-state index contributed by atoms with van der Waals surface area (Å²) >= 11 is 0. The molecule has 3 rings (SSSR count). The van der Waals surface area contributed by atoms with Gasteiger partial charge in [0.25, 0.3) is 0 Å². The molecule has 0 aromatic carbocycles. The second-order valence-corrected chi connectivity index (χ2v) is 4.46. The average molecular weight is 276 g/mol. The van der Waals surface area contributed by atoms with Gasteiger partial charge in [-0.05, 0) is 16.7 Å². The molecule has 2 N–H and O–H groups in total. The highest BCUT2D eigenvalue weighted by molar-refractivity contribution is 5.84. The lowest BCUT2D eigenvalue weighted by atomic mass is 10.2. The van der Waals surface area contributed by atoms with Crippen LogP contribution in [0.2, 0.25) is 0 Å². The molecule has 3 heterocycles. The summed E-state index contributed by atoms with van der Waals surface area (Å²) in [7, 11) is 0. The molecule has 0 amide bonds. The maximum absolute atomic E-state index is 9.79. The lowest BCUT2D eigenvalue weighted by molar-refractivity contribution is -0.0430. The third-order valence-electron chi connectivity index (χ3n) is 3.30. The molecule has 1 aliphatic rings. The molecule has 0 radical (unpaired) electrons. The monoisotopic (exact) mass is 276 g/mol. The molecule has 0 spiro atoms. The molecule has 9 heteroatoms. The predicted molar refractivity (Wildman–Crippen MR) is 68.0 cm³/mol. The van der Waals surface area contributed by atoms with Crippen LogP contribution in [0.3, 0.4) is 0 Å². The number of imidazole rings is 1. The van der Waals surface area contributed by atoms with E-state index in [0.717, 1.165) is 0 Å². The van der Waals surface area contributed by atoms with E-state index in [1.165, 1.54) is 6.20 Å². The lowest BCUT2D eigenvalue weighted by Gasteiger charge is -2.14. The van der Waals surface area contributed by atoms with E-state index >= 15 is 0 Å². The summed E-state index contributed by atoms with van der Waals surface area (Å²) < 4.78 is 7.23. The van der Waals surface area contributed by atoms with Gasteiger partial charge in [-0.25, -0.2) is 4.98 Å². The van der Waals surface area contributed by atoms with Crippen molar-refractivity contribution in [3.63, 3.8) is 0 Å². The standard InChI is InChI=1S/C11H12N6O3/c12-16-15-11-10-6(1-2-13-11)14-5-17(10)9-3-7(19)8(4-18)20-9/h1-2,5,7-9,18-19H,3-4H2/t7-,8+,9+/m0/s1. The van der Waals surface area contributed by atoms with Gasteiger partial charge in [-0.3, -0.25) is 4.98 Å². The number of azide groups is 1. The Morgan fingerprint density at radius 1 is 1.55 bits per heavy atom. The van der Waals surface area contributed by atoms with Crippen molar-refractivity contribution in [3.8, 4) is 0 Å². The molecule has 1 fully saturated rings. The van der Waals surface area contributed by atoms with Gasteiger partial charge in [0.1, 0.15) is 12.3 Å². The van der Waals surface area contributed by atoms with Crippen molar-refractivity contribution >= 4 is 16.9 Å². The van der Waals surface area contributed by atoms with Crippen LogP contribution < -0.4 is 0 Å². The van der Waals surface area contributed by atoms with Crippen molar-refractivity contribution in [2.45, 2.75) is 24.9 Å². The van der Waals surface area contributed by atoms with Crippen LogP contribution in [-0.4, -0.2) is 43.6 Å². The zero-order valence-corrected chi connectivity index (χ0v) is 10.4. The number of aliphatic hydroxyl groups is 2. The fraction of sp³-hybridized carbons (Fsp3) is 0.455. The summed E-state index contributed by atoms with van der Waals surface area (Å²) in [5.41, 5.74) is 9.74. The smallest absolute Gasteiger partial charge is 0.152 e. The van der Waals surface area contributed by atoms with E-state index < -0.39 is 18.4 Å². The number of rotatable bonds is 3. The molecule has 2 aromatic heterocycles. The Morgan fingerprint density at radius 2 is 2.40 bits per heavy atom. The molecule has 0 saturated carbocycles. The van der Waals surface area contributed by atoms with E-state index in [2.05, 4.69) is 20.0 Å². The van der Waals surface area contributed by atoms with Crippen LogP contribution >= 0.6 is 0 Å². The first-order valence-corrected chi connectivity index (χ1v) is 6.05. The Bertz CT molecular complexity index is 680. The topological polar surface area (TPSA) is 129 Å². The Balaban J connectivity index is 2.06. The van der Waals surface area contributed by atoms with Crippen LogP contribution in [0.5, 0.6) is 0 Å². The second kappa shape index (κ2) is 5.06. The Kier molecular flexibility index (Phi) is 3.25. The molecule has 0 unspecified atom stereocenters. The molecule has 0 bridgehead atoms. The van der Waals surface area contributed by atoms with E-state index in [1.807, 2.05) is 0 Å². The van der Waals surface area contributed by atoms with Gasteiger partial charge in [0.15, 0.2) is 5.82 Å². The summed E-state index contributed by atoms with van der Waals surface area (Å²) in [6, 6.07) is 1.69. The molecule has 0 aliphatic carbocycles. The fourth-order valence-corrected chi connectivity index (χ4v) is 2.35. The van der Waals surface area contributed by atoms with Crippen molar-refractivity contribution in [2.75, 3.05) is 6.61 Å². The van der Waals surface area contributed by atoms with Gasteiger partial charge in [0.2, 0.25) is 0 Å². The maximum Gasteiger partial charge on any atom is 0.152 e. The minimum atomic E-state index is -0.748. The molecule has 9 nitrogen and oxygen atoms in total. The van der Waals surface area contributed by atoms with Crippen LogP contribution in [0.25, 0.3) is 21.5 Å². The van der Waals surface area contributed by atoms with E-state index in [0.29, 0.717) is 17.5 Å². The molecule has 2 aromatic rings. The number of ether oxygens (including phenoxy) is 1. The highest BCUT2D eigenvalue weighted by Gasteiger charge is 2.35. The van der Waals surface area contributed by atoms with E-state index in [1.54, 1.807) is 17.0 Å². The SMILES string of the molecule is [N-]=[N+]=Nc1nccc2ncn([C@H]3C[C@H](O)[C@@H](CO)O3)c12. The summed E-state index contributed by atoms with van der Waals surface area (Å²) in [5.74, 6) is 0.202. The van der Waals surface area contributed by atoms with Crippen LogP contribution in [-0.2, 0) is 4.74 Å². The van der Waals surface area contributed by atoms with Crippen LogP contribution in [0.1, 0.15) is 12.6 Å². The van der Waals surface area contributed by atoms with Crippen molar-refractivity contribution in [3.05, 3.63) is 29.0 Å². The zero-order chi connectivity index (χ0) is 14.1. The Labute approximate surface area is 113 Å². The van der Waals surface area contributed by atoms with E-state index in [-0.39, 0.29) is 12.4 Å². The molecular formula is C11H12N6O3. The first-order chi connectivity index (χ1) is 9.74. The van der Waals surface area contributed by atoms with Crippen molar-refractivity contribution in [1.82, 2.24) is 14.5 Å². The number of aliphatic hydroxyl groups excluding tert-OH is 2. The van der Waals surface area contributed by atoms with Gasteiger partial charge in [-0.15, -0.1) is 0 Å². The highest BCUT2D eigenvalue weighted by atomic mass is 16.5. The molecule has 20 heavy (non-hydrogen) atoms. The minimum Gasteiger partial charge on any atom is -0.394 e. The molecule has 1 aliphatic heterocycles. The van der Waals surface area contributed by atoms with Gasteiger partial charge in [-0.1, -0.05) is 0 Å². The largest absolute Gasteiger partial charge is 0.394 e. The quantitative estimate of drug-likeness (QED) is 0.491. The van der Waals surface area contributed by atoms with Gasteiger partial charge in [0.05, 0.1) is 30.1 Å². The number of nitrogens with zero attached hydrogens (tertiary/aromatic N) is 6. The lowest BCUT2D eigenvalue weighted by Crippen LogP contribution is -2.24. The molecular weight excluding hydrogens is 264 g/mol. The van der Waals surface area contributed by atoms with Crippen molar-refractivity contribution in [1.29, 1.82) is 0 Å². The van der Waals surface area contributed by atoms with Gasteiger partial charge < -0.3 is 19.5 Å². The number of hydrogen-bond acceptors (Lipinski definition) is 6. The Morgan fingerprint density at radius 3 is 3.10 bits per heavy atom. The first-order valence-electron chi connectivity index (χ1n) is 6.05. The zero-order valence-electron chi connectivity index (χ0n) is 10.4. The minimum absolute atomic E-state index is 0.202. The predicted octanol–water partition coefficient (Wildman–Crippen LogP) is 1.01. The van der Waals surface area contributed by atoms with Crippen molar-refractivity contribution < 1.29 is 14.9 Å². The normalized spacial score (nSPS) is 25.8.